The van der Waals surface area contributed by atoms with Gasteiger partial charge in [-0.25, -0.2) is 4.98 Å². The van der Waals surface area contributed by atoms with E-state index in [1.807, 2.05) is 12.1 Å². The molecule has 0 spiro atoms. The van der Waals surface area contributed by atoms with Crippen molar-refractivity contribution in [2.24, 2.45) is 0 Å². The van der Waals surface area contributed by atoms with Crippen LogP contribution >= 0.6 is 0 Å². The summed E-state index contributed by atoms with van der Waals surface area (Å²) in [5, 5.41) is 31.0. The number of hydrogen-bond donors (Lipinski definition) is 2. The summed E-state index contributed by atoms with van der Waals surface area (Å²) >= 11 is 0. The number of nitriles is 1. The van der Waals surface area contributed by atoms with Crippen LogP contribution in [0.4, 0.5) is 5.69 Å². The molecule has 2 aromatic carbocycles. The van der Waals surface area contributed by atoms with Crippen molar-refractivity contribution in [3.8, 4) is 11.8 Å². The van der Waals surface area contributed by atoms with Gasteiger partial charge in [-0.2, -0.15) is 5.26 Å². The molecular weight excluding hydrogens is 324 g/mol. The Balaban J connectivity index is 2.15. The zero-order valence-corrected chi connectivity index (χ0v) is 13.1. The predicted octanol–water partition coefficient (Wildman–Crippen LogP) is 3.43. The summed E-state index contributed by atoms with van der Waals surface area (Å²) in [5.74, 6) is -0.171. The molecule has 0 radical (unpaired) electrons. The molecule has 3 rings (SSSR count). The average molecular weight is 336 g/mol. The third-order valence-corrected chi connectivity index (χ3v) is 3.62. The van der Waals surface area contributed by atoms with Crippen LogP contribution in [0, 0.1) is 21.4 Å². The van der Waals surface area contributed by atoms with Crippen molar-refractivity contribution < 1.29 is 14.8 Å². The number of benzene rings is 2. The minimum atomic E-state index is -0.622. The van der Waals surface area contributed by atoms with Gasteiger partial charge in [0.15, 0.2) is 11.6 Å². The summed E-state index contributed by atoms with van der Waals surface area (Å²) in [6.45, 7) is 0. The van der Waals surface area contributed by atoms with E-state index in [0.717, 1.165) is 6.07 Å². The van der Waals surface area contributed by atoms with E-state index in [-0.39, 0.29) is 28.4 Å². The Morgan fingerprint density at radius 1 is 1.36 bits per heavy atom. The van der Waals surface area contributed by atoms with Crippen molar-refractivity contribution in [2.75, 3.05) is 7.11 Å². The molecule has 0 aliphatic rings. The Morgan fingerprint density at radius 3 is 2.76 bits per heavy atom. The summed E-state index contributed by atoms with van der Waals surface area (Å²) in [6.07, 6.45) is 0. The van der Waals surface area contributed by atoms with Crippen LogP contribution in [0.25, 0.3) is 22.4 Å². The number of aromatic amines is 1. The first-order chi connectivity index (χ1) is 12.0. The highest BCUT2D eigenvalue weighted by atomic mass is 16.6. The van der Waals surface area contributed by atoms with Gasteiger partial charge in [-0.1, -0.05) is 12.1 Å². The monoisotopic (exact) mass is 336 g/mol. The fraction of sp³-hybridized carbons (Fsp3) is 0.0588. The second-order valence-corrected chi connectivity index (χ2v) is 5.08. The first-order valence-electron chi connectivity index (χ1n) is 7.16. The molecule has 0 saturated heterocycles. The van der Waals surface area contributed by atoms with E-state index in [9.17, 15) is 20.5 Å². The van der Waals surface area contributed by atoms with Crippen LogP contribution in [-0.2, 0) is 0 Å². The zero-order valence-electron chi connectivity index (χ0n) is 13.1. The lowest BCUT2D eigenvalue weighted by Gasteiger charge is -2.06. The minimum absolute atomic E-state index is 0.0591. The number of rotatable bonds is 4. The van der Waals surface area contributed by atoms with E-state index >= 15 is 0 Å². The number of nitro benzene ring substituents is 1. The number of allylic oxidation sites excluding steroid dienone is 1. The van der Waals surface area contributed by atoms with Gasteiger partial charge < -0.3 is 14.8 Å². The Hall–Kier alpha value is -3.86. The van der Waals surface area contributed by atoms with Crippen molar-refractivity contribution in [1.29, 1.82) is 5.26 Å². The quantitative estimate of drug-likeness (QED) is 0.325. The first-order valence-corrected chi connectivity index (χ1v) is 7.16. The fourth-order valence-corrected chi connectivity index (χ4v) is 2.41. The zero-order chi connectivity index (χ0) is 18.0. The lowest BCUT2D eigenvalue weighted by atomic mass is 10.1. The van der Waals surface area contributed by atoms with Crippen molar-refractivity contribution in [2.45, 2.75) is 0 Å². The molecule has 0 unspecified atom stereocenters. The van der Waals surface area contributed by atoms with Crippen LogP contribution in [0.3, 0.4) is 0 Å². The molecule has 8 heteroatoms. The van der Waals surface area contributed by atoms with Crippen molar-refractivity contribution in [1.82, 2.24) is 9.97 Å². The molecule has 0 aliphatic carbocycles. The number of aromatic nitrogens is 2. The lowest BCUT2D eigenvalue weighted by Crippen LogP contribution is -1.97. The molecule has 2 N–H and O–H groups in total. The number of nitrogens with one attached hydrogen (secondary N) is 1. The number of imidazole rings is 1. The van der Waals surface area contributed by atoms with Crippen LogP contribution < -0.4 is 4.74 Å². The maximum Gasteiger partial charge on any atom is 0.311 e. The normalized spacial score (nSPS) is 11.7. The molecule has 1 aromatic heterocycles. The number of para-hydroxylation sites is 2. The largest absolute Gasteiger partial charge is 0.506 e. The van der Waals surface area contributed by atoms with Gasteiger partial charge in [0.25, 0.3) is 0 Å². The molecular formula is C17H12N4O4. The van der Waals surface area contributed by atoms with Crippen LogP contribution in [0.2, 0.25) is 0 Å². The third kappa shape index (κ3) is 2.86. The standard InChI is InChI=1S/C17H12N4O4/c1-25-15-7-6-10(8-14(15)21(23)24)16(22)11(9-18)17-19-12-4-2-3-5-13(12)20-17/h2-8,22H,1H3,(H,19,20). The topological polar surface area (TPSA) is 125 Å². The number of H-pyrrole nitrogens is 1. The van der Waals surface area contributed by atoms with Gasteiger partial charge >= 0.3 is 5.69 Å². The van der Waals surface area contributed by atoms with E-state index < -0.39 is 10.7 Å². The third-order valence-electron chi connectivity index (χ3n) is 3.62. The molecule has 0 aliphatic heterocycles. The highest BCUT2D eigenvalue weighted by Gasteiger charge is 2.20. The lowest BCUT2D eigenvalue weighted by molar-refractivity contribution is -0.385. The molecule has 0 amide bonds. The summed E-state index contributed by atoms with van der Waals surface area (Å²) in [4.78, 5) is 17.7. The molecule has 0 fully saturated rings. The van der Waals surface area contributed by atoms with Gasteiger partial charge in [-0.3, -0.25) is 10.1 Å². The van der Waals surface area contributed by atoms with Crippen LogP contribution in [0.15, 0.2) is 42.5 Å². The van der Waals surface area contributed by atoms with Crippen molar-refractivity contribution in [3.05, 3.63) is 64.0 Å². The van der Waals surface area contributed by atoms with Crippen LogP contribution in [0.1, 0.15) is 11.4 Å². The molecule has 0 atom stereocenters. The Labute approximate surface area is 141 Å². The molecule has 0 saturated carbocycles. The van der Waals surface area contributed by atoms with E-state index in [0.29, 0.717) is 11.0 Å². The number of aliphatic hydroxyl groups excluding tert-OH is 1. The van der Waals surface area contributed by atoms with Gasteiger partial charge in [0.1, 0.15) is 17.4 Å². The SMILES string of the molecule is COc1ccc(C(O)=C(C#N)c2nc3ccccc3[nH]2)cc1[N+](=O)[O-]. The molecule has 3 aromatic rings. The smallest absolute Gasteiger partial charge is 0.311 e. The molecule has 8 nitrogen and oxygen atoms in total. The first kappa shape index (κ1) is 16.0. The Kier molecular flexibility index (Phi) is 4.05. The van der Waals surface area contributed by atoms with Crippen molar-refractivity contribution >= 4 is 28.1 Å². The minimum Gasteiger partial charge on any atom is -0.506 e. The Morgan fingerprint density at radius 2 is 2.12 bits per heavy atom. The van der Waals surface area contributed by atoms with Gasteiger partial charge in [0.05, 0.1) is 23.1 Å². The highest BCUT2D eigenvalue weighted by molar-refractivity contribution is 5.94. The van der Waals surface area contributed by atoms with Crippen LogP contribution in [0.5, 0.6) is 5.75 Å². The van der Waals surface area contributed by atoms with E-state index in [1.165, 1.54) is 19.2 Å². The van der Waals surface area contributed by atoms with E-state index in [4.69, 9.17) is 4.74 Å². The fourth-order valence-electron chi connectivity index (χ4n) is 2.41. The van der Waals surface area contributed by atoms with Crippen molar-refractivity contribution in [3.63, 3.8) is 0 Å². The summed E-state index contributed by atoms with van der Waals surface area (Å²) in [7, 11) is 1.31. The average Bonchev–Trinajstić information content (AvgIpc) is 3.05. The molecule has 0 bridgehead atoms. The molecule has 25 heavy (non-hydrogen) atoms. The number of methoxy groups -OCH3 is 1. The number of nitro groups is 1. The summed E-state index contributed by atoms with van der Waals surface area (Å²) in [5.41, 5.74) is 1.03. The predicted molar refractivity (Wildman–Crippen MR) is 90.8 cm³/mol. The van der Waals surface area contributed by atoms with E-state index in [1.54, 1.807) is 18.2 Å². The number of nitrogens with zero attached hydrogens (tertiary/aromatic N) is 3. The number of hydrogen-bond acceptors (Lipinski definition) is 6. The number of ether oxygens (including phenoxy) is 1. The number of fused-ring (bicyclic) bond motifs is 1. The van der Waals surface area contributed by atoms with Gasteiger partial charge in [0, 0.05) is 11.6 Å². The maximum atomic E-state index is 11.1. The van der Waals surface area contributed by atoms with E-state index in [2.05, 4.69) is 9.97 Å². The molecule has 124 valence electrons. The maximum absolute atomic E-state index is 11.1. The number of aliphatic hydroxyl groups is 1. The van der Waals surface area contributed by atoms with Crippen LogP contribution in [-0.4, -0.2) is 27.1 Å². The second kappa shape index (κ2) is 6.33. The summed E-state index contributed by atoms with van der Waals surface area (Å²) < 4.78 is 4.93. The highest BCUT2D eigenvalue weighted by Crippen LogP contribution is 2.32. The molecule has 1 heterocycles. The van der Waals surface area contributed by atoms with Gasteiger partial charge in [-0.05, 0) is 24.3 Å². The summed E-state index contributed by atoms with van der Waals surface area (Å²) in [6, 6.07) is 13.0. The van der Waals surface area contributed by atoms with Gasteiger partial charge in [0.2, 0.25) is 0 Å². The Bertz CT molecular complexity index is 1010. The second-order valence-electron chi connectivity index (χ2n) is 5.08. The van der Waals surface area contributed by atoms with Gasteiger partial charge in [-0.15, -0.1) is 0 Å².